The van der Waals surface area contributed by atoms with Crippen molar-refractivity contribution < 1.29 is 9.13 Å². The fourth-order valence-corrected chi connectivity index (χ4v) is 4.44. The predicted molar refractivity (Wildman–Crippen MR) is 107 cm³/mol. The molecule has 0 atom stereocenters. The molecule has 29 heavy (non-hydrogen) atoms. The Morgan fingerprint density at radius 1 is 1.10 bits per heavy atom. The zero-order valence-electron chi connectivity index (χ0n) is 15.8. The Hall–Kier alpha value is -2.51. The first-order valence-corrected chi connectivity index (χ1v) is 10.3. The normalized spacial score (nSPS) is 21.2. The third-order valence-electron chi connectivity index (χ3n) is 5.68. The number of ether oxygens (including phenoxy) is 1. The first kappa shape index (κ1) is 18.5. The molecule has 1 fully saturated rings. The quantitative estimate of drug-likeness (QED) is 0.698. The lowest BCUT2D eigenvalue weighted by Gasteiger charge is -2.28. The number of fused-ring (bicyclic) bond motifs is 3. The third kappa shape index (κ3) is 3.60. The van der Waals surface area contributed by atoms with E-state index in [0.717, 1.165) is 60.2 Å². The summed E-state index contributed by atoms with van der Waals surface area (Å²) >= 11 is 6.20. The van der Waals surface area contributed by atoms with Crippen molar-refractivity contribution >= 4 is 11.6 Å². The Morgan fingerprint density at radius 2 is 1.97 bits per heavy atom. The molecule has 8 heteroatoms. The Kier molecular flexibility index (Phi) is 4.93. The highest BCUT2D eigenvalue weighted by Gasteiger charge is 2.30. The van der Waals surface area contributed by atoms with Crippen molar-refractivity contribution in [3.05, 3.63) is 64.6 Å². The maximum Gasteiger partial charge on any atom is 0.250 e. The topological polar surface area (TPSA) is 64.9 Å². The van der Waals surface area contributed by atoms with Gasteiger partial charge in [-0.25, -0.2) is 9.37 Å². The molecule has 5 rings (SSSR count). The van der Waals surface area contributed by atoms with Crippen LogP contribution in [0.2, 0.25) is 5.02 Å². The van der Waals surface area contributed by atoms with Crippen LogP contribution in [0.1, 0.15) is 48.8 Å². The zero-order valence-corrected chi connectivity index (χ0v) is 16.6. The number of halogens is 2. The fraction of sp³-hybridized carbons (Fsp3) is 0.381. The average Bonchev–Trinajstić information content (AvgIpc) is 3.06. The highest BCUT2D eigenvalue weighted by molar-refractivity contribution is 6.30. The van der Waals surface area contributed by atoms with Crippen molar-refractivity contribution in [3.8, 4) is 11.6 Å². The molecule has 2 aliphatic rings. The first-order valence-electron chi connectivity index (χ1n) is 9.90. The molecule has 3 heterocycles. The Bertz CT molecular complexity index is 1030. The molecule has 0 spiro atoms. The number of rotatable bonds is 3. The molecule has 3 aromatic rings. The summed E-state index contributed by atoms with van der Waals surface area (Å²) in [6.07, 6.45) is 4.99. The monoisotopic (exact) mass is 413 g/mol. The van der Waals surface area contributed by atoms with Gasteiger partial charge in [-0.05, 0) is 61.6 Å². The maximum absolute atomic E-state index is 13.8. The summed E-state index contributed by atoms with van der Waals surface area (Å²) in [6.45, 7) is 1.41. The lowest BCUT2D eigenvalue weighted by atomic mass is 9.86. The van der Waals surface area contributed by atoms with Crippen LogP contribution in [0.5, 0.6) is 5.88 Å². The second-order valence-electron chi connectivity index (χ2n) is 7.57. The van der Waals surface area contributed by atoms with Gasteiger partial charge >= 0.3 is 0 Å². The van der Waals surface area contributed by atoms with E-state index >= 15 is 0 Å². The number of hydrogen-bond acceptors (Lipinski definition) is 5. The molecule has 6 nitrogen and oxygen atoms in total. The minimum absolute atomic E-state index is 0.0325. The van der Waals surface area contributed by atoms with E-state index in [2.05, 4.69) is 25.1 Å². The highest BCUT2D eigenvalue weighted by atomic mass is 35.5. The van der Waals surface area contributed by atoms with Gasteiger partial charge in [0.15, 0.2) is 11.6 Å². The van der Waals surface area contributed by atoms with E-state index < -0.39 is 5.82 Å². The summed E-state index contributed by atoms with van der Waals surface area (Å²) in [5, 5.41) is 13.1. The van der Waals surface area contributed by atoms with Crippen LogP contribution in [-0.2, 0) is 13.1 Å². The number of hydrogen-bond donors (Lipinski definition) is 1. The molecule has 1 aromatic carbocycles. The van der Waals surface area contributed by atoms with Gasteiger partial charge in [0.25, 0.3) is 5.88 Å². The maximum atomic E-state index is 13.8. The van der Waals surface area contributed by atoms with Crippen molar-refractivity contribution in [2.24, 2.45) is 0 Å². The van der Waals surface area contributed by atoms with Crippen molar-refractivity contribution in [2.45, 2.75) is 50.8 Å². The van der Waals surface area contributed by atoms with Gasteiger partial charge in [0.2, 0.25) is 0 Å². The van der Waals surface area contributed by atoms with Gasteiger partial charge in [0, 0.05) is 23.7 Å². The molecule has 0 radical (unpaired) electrons. The van der Waals surface area contributed by atoms with Crippen molar-refractivity contribution in [1.29, 1.82) is 0 Å². The van der Waals surface area contributed by atoms with Gasteiger partial charge in [-0.2, -0.15) is 0 Å². The summed E-state index contributed by atoms with van der Waals surface area (Å²) in [4.78, 5) is 4.00. The molecule has 2 aromatic heterocycles. The number of nitrogens with zero attached hydrogens (tertiary/aromatic N) is 4. The van der Waals surface area contributed by atoms with Crippen LogP contribution in [0.3, 0.4) is 0 Å². The van der Waals surface area contributed by atoms with Gasteiger partial charge in [-0.3, -0.25) is 4.57 Å². The smallest absolute Gasteiger partial charge is 0.250 e. The molecule has 0 unspecified atom stereocenters. The molecule has 150 valence electrons. The van der Waals surface area contributed by atoms with Gasteiger partial charge in [0.05, 0.1) is 12.2 Å². The molecule has 0 saturated heterocycles. The van der Waals surface area contributed by atoms with Crippen LogP contribution in [0.4, 0.5) is 4.39 Å². The second-order valence-corrected chi connectivity index (χ2v) is 8.00. The van der Waals surface area contributed by atoms with Crippen LogP contribution in [-0.4, -0.2) is 25.9 Å². The Balaban J connectivity index is 1.36. The lowest BCUT2D eigenvalue weighted by Crippen LogP contribution is -2.25. The summed E-state index contributed by atoms with van der Waals surface area (Å²) in [5.41, 5.74) is 2.23. The minimum atomic E-state index is -0.417. The molecular formula is C21H21ClFN5O. The van der Waals surface area contributed by atoms with E-state index in [1.165, 1.54) is 6.07 Å². The number of pyridine rings is 1. The summed E-state index contributed by atoms with van der Waals surface area (Å²) in [5.74, 6) is 1.85. The zero-order chi connectivity index (χ0) is 19.8. The molecule has 1 N–H and O–H groups in total. The van der Waals surface area contributed by atoms with Crippen LogP contribution in [0.25, 0.3) is 5.69 Å². The average molecular weight is 414 g/mol. The number of nitrogens with one attached hydrogen (secondary N) is 1. The molecular weight excluding hydrogens is 393 g/mol. The third-order valence-corrected chi connectivity index (χ3v) is 5.91. The van der Waals surface area contributed by atoms with Gasteiger partial charge in [0.1, 0.15) is 11.9 Å². The predicted octanol–water partition coefficient (Wildman–Crippen LogP) is 4.16. The minimum Gasteiger partial charge on any atom is -0.472 e. The largest absolute Gasteiger partial charge is 0.472 e. The summed E-state index contributed by atoms with van der Waals surface area (Å²) in [7, 11) is 0. The summed E-state index contributed by atoms with van der Waals surface area (Å²) < 4.78 is 21.8. The van der Waals surface area contributed by atoms with Crippen LogP contribution < -0.4 is 10.1 Å². The molecule has 0 amide bonds. The molecule has 1 aliphatic heterocycles. The Labute approximate surface area is 173 Å². The van der Waals surface area contributed by atoms with Gasteiger partial charge in [-0.1, -0.05) is 11.6 Å². The Morgan fingerprint density at radius 3 is 2.79 bits per heavy atom. The highest BCUT2D eigenvalue weighted by Crippen LogP contribution is 2.36. The number of aromatic nitrogens is 4. The van der Waals surface area contributed by atoms with E-state index in [-0.39, 0.29) is 17.9 Å². The van der Waals surface area contributed by atoms with Crippen molar-refractivity contribution in [3.63, 3.8) is 0 Å². The summed E-state index contributed by atoms with van der Waals surface area (Å²) in [6, 6.07) is 8.88. The van der Waals surface area contributed by atoms with Crippen molar-refractivity contribution in [1.82, 2.24) is 25.1 Å². The molecule has 1 aliphatic carbocycles. The first-order chi connectivity index (χ1) is 14.2. The van der Waals surface area contributed by atoms with Crippen LogP contribution >= 0.6 is 11.6 Å². The van der Waals surface area contributed by atoms with Crippen LogP contribution in [0, 0.1) is 5.82 Å². The van der Waals surface area contributed by atoms with Gasteiger partial charge in [-0.15, -0.1) is 10.2 Å². The van der Waals surface area contributed by atoms with E-state index in [0.29, 0.717) is 6.54 Å². The fourth-order valence-electron chi connectivity index (χ4n) is 4.25. The molecule has 0 bridgehead atoms. The lowest BCUT2D eigenvalue weighted by molar-refractivity contribution is 0.132. The SMILES string of the molecule is Fc1cccnc1OC1CCC(c2nnc3n2-c2ccc(Cl)cc2CNC3)CC1. The van der Waals surface area contributed by atoms with E-state index in [1.54, 1.807) is 12.3 Å². The standard InChI is InChI=1S/C21H21ClFN5O/c22-15-5-8-18-14(10-15)11-24-12-19-26-27-20(28(18)19)13-3-6-16(7-4-13)29-21-17(23)2-1-9-25-21/h1-2,5,8-10,13,16,24H,3-4,6-7,11-12H2. The number of benzene rings is 1. The molecule has 1 saturated carbocycles. The van der Waals surface area contributed by atoms with E-state index in [9.17, 15) is 4.39 Å². The van der Waals surface area contributed by atoms with E-state index in [1.807, 2.05) is 18.2 Å². The van der Waals surface area contributed by atoms with Crippen LogP contribution in [0.15, 0.2) is 36.5 Å². The van der Waals surface area contributed by atoms with Gasteiger partial charge < -0.3 is 10.1 Å². The van der Waals surface area contributed by atoms with Crippen molar-refractivity contribution in [2.75, 3.05) is 0 Å². The second kappa shape index (κ2) is 7.72. The van der Waals surface area contributed by atoms with E-state index in [4.69, 9.17) is 16.3 Å².